The molecule has 5 nitrogen and oxygen atoms in total. The van der Waals surface area contributed by atoms with E-state index in [-0.39, 0.29) is 0 Å². The van der Waals surface area contributed by atoms with Gasteiger partial charge in [-0.05, 0) is 0 Å². The maximum atomic E-state index is 9.32. The molecule has 0 amide bonds. The van der Waals surface area contributed by atoms with E-state index >= 15 is 0 Å². The van der Waals surface area contributed by atoms with Gasteiger partial charge >= 0.3 is 36.7 Å². The van der Waals surface area contributed by atoms with Crippen LogP contribution in [0.15, 0.2) is 0 Å². The zero-order valence-electron chi connectivity index (χ0n) is 2.66. The van der Waals surface area contributed by atoms with Crippen molar-refractivity contribution in [2.45, 2.75) is 0 Å². The SMILES string of the molecule is N[O][Mo](=[O])(=[O])[OH]. The van der Waals surface area contributed by atoms with Gasteiger partial charge in [0, 0.05) is 0 Å². The van der Waals surface area contributed by atoms with E-state index in [1.807, 2.05) is 0 Å². The van der Waals surface area contributed by atoms with Gasteiger partial charge in [0.2, 0.25) is 0 Å². The van der Waals surface area contributed by atoms with E-state index in [2.05, 4.69) is 9.39 Å². The average molecular weight is 177 g/mol. The van der Waals surface area contributed by atoms with Crippen LogP contribution in [0.4, 0.5) is 0 Å². The molecule has 0 bridgehead atoms. The molecule has 0 heterocycles. The van der Waals surface area contributed by atoms with Crippen molar-refractivity contribution in [2.24, 2.45) is 5.90 Å². The summed E-state index contributed by atoms with van der Waals surface area (Å²) < 4.78 is 29.3. The summed E-state index contributed by atoms with van der Waals surface area (Å²) in [4.78, 5) is 0. The first-order valence-corrected chi connectivity index (χ1v) is 4.27. The molecular weight excluding hydrogens is 174 g/mol. The molecule has 0 saturated heterocycles. The van der Waals surface area contributed by atoms with Crippen molar-refractivity contribution in [3.05, 3.63) is 0 Å². The summed E-state index contributed by atoms with van der Waals surface area (Å²) in [5.41, 5.74) is 0. The fourth-order valence-electron chi connectivity index (χ4n) is 0. The molecule has 0 aromatic carbocycles. The molecule has 0 aliphatic rings. The molecule has 0 aromatic rings. The van der Waals surface area contributed by atoms with Gasteiger partial charge in [-0.3, -0.25) is 0 Å². The first-order chi connectivity index (χ1) is 2.56. The van der Waals surface area contributed by atoms with Crippen molar-refractivity contribution in [1.29, 1.82) is 0 Å². The summed E-state index contributed by atoms with van der Waals surface area (Å²) in [7, 11) is 0. The first-order valence-electron chi connectivity index (χ1n) is 0.918. The summed E-state index contributed by atoms with van der Waals surface area (Å²) in [5.74, 6) is 4.01. The fourth-order valence-corrected chi connectivity index (χ4v) is 0. The third-order valence-corrected chi connectivity index (χ3v) is 0.719. The summed E-state index contributed by atoms with van der Waals surface area (Å²) in [5, 5.41) is 0. The van der Waals surface area contributed by atoms with Gasteiger partial charge < -0.3 is 0 Å². The van der Waals surface area contributed by atoms with Crippen LogP contribution in [0.1, 0.15) is 0 Å². The minimum atomic E-state index is -5.28. The second kappa shape index (κ2) is 1.75. The Balaban J connectivity index is 3.85. The van der Waals surface area contributed by atoms with E-state index < -0.39 is 16.7 Å². The van der Waals surface area contributed by atoms with Crippen LogP contribution in [0.2, 0.25) is 0 Å². The molecule has 6 heteroatoms. The minimum absolute atomic E-state index is 3.07. The van der Waals surface area contributed by atoms with Crippen molar-refractivity contribution in [3.8, 4) is 0 Å². The van der Waals surface area contributed by atoms with Gasteiger partial charge in [-0.25, -0.2) is 0 Å². The summed E-state index contributed by atoms with van der Waals surface area (Å²) >= 11 is -5.28. The molecule has 0 spiro atoms. The Morgan fingerprint density at radius 1 is 1.67 bits per heavy atom. The predicted octanol–water partition coefficient (Wildman–Crippen LogP) is -1.46. The molecule has 0 aromatic heterocycles. The Morgan fingerprint density at radius 3 is 1.83 bits per heavy atom. The molecule has 0 aliphatic heterocycles. The molecule has 0 radical (unpaired) electrons. The maximum absolute atomic E-state index is 9.32. The van der Waals surface area contributed by atoms with Crippen molar-refractivity contribution in [3.63, 3.8) is 0 Å². The van der Waals surface area contributed by atoms with Crippen LogP contribution in [-0.2, 0) is 27.0 Å². The number of hydrogen-bond donors (Lipinski definition) is 2. The van der Waals surface area contributed by atoms with Crippen LogP contribution < -0.4 is 5.90 Å². The Morgan fingerprint density at radius 2 is 1.83 bits per heavy atom. The quantitative estimate of drug-likeness (QED) is 0.377. The van der Waals surface area contributed by atoms with E-state index in [0.717, 1.165) is 0 Å². The van der Waals surface area contributed by atoms with Crippen LogP contribution in [0.25, 0.3) is 0 Å². The van der Waals surface area contributed by atoms with Crippen molar-refractivity contribution >= 4 is 0 Å². The van der Waals surface area contributed by atoms with E-state index in [1.165, 1.54) is 0 Å². The van der Waals surface area contributed by atoms with Crippen LogP contribution in [0.3, 0.4) is 0 Å². The standard InChI is InChI=1S/Mo.H2NO.H2O.2O/c;1-2;;;/h;1H2;1H2;;/q+2;-1;;;/p-1. The molecule has 3 N–H and O–H groups in total. The fraction of sp³-hybridized carbons (Fsp3) is 0. The van der Waals surface area contributed by atoms with E-state index in [1.54, 1.807) is 0 Å². The van der Waals surface area contributed by atoms with Gasteiger partial charge in [0.05, 0.1) is 0 Å². The van der Waals surface area contributed by atoms with Crippen LogP contribution >= 0.6 is 0 Å². The predicted molar refractivity (Wildman–Crippen MR) is 8.86 cm³/mol. The molecule has 0 unspecified atom stereocenters. The molecule has 0 saturated carbocycles. The first kappa shape index (κ1) is 6.17. The van der Waals surface area contributed by atoms with Gasteiger partial charge in [-0.1, -0.05) is 0 Å². The second-order valence-electron chi connectivity index (χ2n) is 0.524. The normalized spacial score (nSPS) is 11.7. The molecule has 0 atom stereocenters. The van der Waals surface area contributed by atoms with Gasteiger partial charge in [-0.15, -0.1) is 0 Å². The Labute approximate surface area is 37.4 Å². The third-order valence-electron chi connectivity index (χ3n) is 0.122. The van der Waals surface area contributed by atoms with Crippen LogP contribution in [-0.4, -0.2) is 3.76 Å². The Bertz CT molecular complexity index is 110. The van der Waals surface area contributed by atoms with Crippen molar-refractivity contribution < 1.29 is 30.8 Å². The Kier molecular flexibility index (Phi) is 1.80. The molecular formula is H3MoNO4. The van der Waals surface area contributed by atoms with E-state index in [4.69, 9.17) is 3.76 Å². The van der Waals surface area contributed by atoms with Crippen LogP contribution in [0.5, 0.6) is 0 Å². The van der Waals surface area contributed by atoms with Gasteiger partial charge in [0.25, 0.3) is 0 Å². The summed E-state index contributed by atoms with van der Waals surface area (Å²) in [6, 6.07) is 0. The van der Waals surface area contributed by atoms with Crippen molar-refractivity contribution in [2.75, 3.05) is 0 Å². The molecule has 0 aliphatic carbocycles. The zero-order valence-corrected chi connectivity index (χ0v) is 4.66. The summed E-state index contributed by atoms with van der Waals surface area (Å²) in [6.45, 7) is 0. The van der Waals surface area contributed by atoms with Gasteiger partial charge in [0.1, 0.15) is 0 Å². The Hall–Kier alpha value is 0.168. The topological polar surface area (TPSA) is 89.6 Å². The molecule has 0 fully saturated rings. The van der Waals surface area contributed by atoms with E-state index in [0.29, 0.717) is 0 Å². The van der Waals surface area contributed by atoms with E-state index in [9.17, 15) is 6.80 Å². The number of rotatable bonds is 1. The second-order valence-corrected chi connectivity index (χ2v) is 3.10. The zero-order chi connectivity index (χ0) is 5.21. The average Bonchev–Trinajstić information content (AvgIpc) is 1.35. The molecule has 6 heavy (non-hydrogen) atoms. The summed E-state index contributed by atoms with van der Waals surface area (Å²) in [6.07, 6.45) is 0. The van der Waals surface area contributed by atoms with Gasteiger partial charge in [0.15, 0.2) is 0 Å². The van der Waals surface area contributed by atoms with Gasteiger partial charge in [-0.2, -0.15) is 0 Å². The third kappa shape index (κ3) is 4.17. The molecule has 38 valence electrons. The molecule has 0 rings (SSSR count). The van der Waals surface area contributed by atoms with Crippen LogP contribution in [0, 0.1) is 0 Å². The number of nitrogens with two attached hydrogens (primary N) is 1. The number of hydrogen-bond acceptors (Lipinski definition) is 4. The van der Waals surface area contributed by atoms with Crippen molar-refractivity contribution in [1.82, 2.24) is 0 Å². The monoisotopic (exact) mass is 179 g/mol.